The fraction of sp³-hybridized carbons (Fsp3) is 0.600. The molecule has 1 atom stereocenters. The van der Waals surface area contributed by atoms with Gasteiger partial charge in [0, 0.05) is 19.8 Å². The molecule has 0 saturated carbocycles. The van der Waals surface area contributed by atoms with Crippen LogP contribution >= 0.6 is 0 Å². The van der Waals surface area contributed by atoms with Crippen molar-refractivity contribution in [2.24, 2.45) is 0 Å². The maximum atomic E-state index is 5.21. The average Bonchev–Trinajstić information content (AvgIpc) is 2.71. The highest BCUT2D eigenvalue weighted by molar-refractivity contribution is 5.12. The minimum atomic E-state index is -0.299. The van der Waals surface area contributed by atoms with Crippen molar-refractivity contribution in [3.05, 3.63) is 24.2 Å². The topological polar surface area (TPSA) is 43.6 Å². The molecule has 0 aliphatic carbocycles. The van der Waals surface area contributed by atoms with Gasteiger partial charge >= 0.3 is 0 Å². The number of methoxy groups -OCH3 is 2. The fourth-order valence-electron chi connectivity index (χ4n) is 1.41. The van der Waals surface area contributed by atoms with Crippen molar-refractivity contribution >= 4 is 0 Å². The van der Waals surface area contributed by atoms with Gasteiger partial charge in [0.25, 0.3) is 0 Å². The molecule has 0 bridgehead atoms. The minimum absolute atomic E-state index is 0.00810. The fourth-order valence-corrected chi connectivity index (χ4v) is 1.41. The first-order valence-electron chi connectivity index (χ1n) is 4.64. The molecule has 1 aromatic rings. The summed E-state index contributed by atoms with van der Waals surface area (Å²) in [5, 5.41) is 3.28. The van der Waals surface area contributed by atoms with Crippen molar-refractivity contribution in [3.63, 3.8) is 0 Å². The van der Waals surface area contributed by atoms with Crippen LogP contribution in [0.1, 0.15) is 18.5 Å². The van der Waals surface area contributed by atoms with Crippen LogP contribution in [-0.4, -0.2) is 27.1 Å². The summed E-state index contributed by atoms with van der Waals surface area (Å²) in [5.74, 6) is 0. The Morgan fingerprint density at radius 2 is 2.14 bits per heavy atom. The van der Waals surface area contributed by atoms with Crippen LogP contribution in [0.4, 0.5) is 0 Å². The van der Waals surface area contributed by atoms with Crippen LogP contribution in [0.5, 0.6) is 0 Å². The molecule has 1 heterocycles. The number of furan rings is 1. The Bertz CT molecular complexity index is 232. The number of ether oxygens (including phenoxy) is 2. The summed E-state index contributed by atoms with van der Waals surface area (Å²) in [6.07, 6.45) is 3.04. The molecule has 1 N–H and O–H groups in total. The Labute approximate surface area is 84.2 Å². The summed E-state index contributed by atoms with van der Waals surface area (Å²) in [6.45, 7) is 2.88. The third-order valence-electron chi connectivity index (χ3n) is 2.06. The first-order valence-corrected chi connectivity index (χ1v) is 4.64. The Morgan fingerprint density at radius 1 is 1.43 bits per heavy atom. The normalized spacial score (nSPS) is 13.4. The molecule has 4 nitrogen and oxygen atoms in total. The van der Waals surface area contributed by atoms with Crippen LogP contribution in [0.3, 0.4) is 0 Å². The first kappa shape index (κ1) is 11.2. The van der Waals surface area contributed by atoms with Crippen LogP contribution in [0, 0.1) is 0 Å². The summed E-state index contributed by atoms with van der Waals surface area (Å²) >= 11 is 0. The Balaban J connectivity index is 2.72. The summed E-state index contributed by atoms with van der Waals surface area (Å²) < 4.78 is 15.5. The molecule has 80 valence electrons. The second-order valence-corrected chi connectivity index (χ2v) is 2.93. The Morgan fingerprint density at radius 3 is 2.57 bits per heavy atom. The zero-order valence-corrected chi connectivity index (χ0v) is 8.82. The molecule has 0 amide bonds. The molecule has 1 aromatic heterocycles. The van der Waals surface area contributed by atoms with Crippen molar-refractivity contribution in [2.45, 2.75) is 19.3 Å². The van der Waals surface area contributed by atoms with Crippen LogP contribution in [-0.2, 0) is 9.47 Å². The highest BCUT2D eigenvalue weighted by Crippen LogP contribution is 2.19. The molecule has 4 heteroatoms. The maximum Gasteiger partial charge on any atom is 0.176 e. The quantitative estimate of drug-likeness (QED) is 0.706. The molecule has 0 radical (unpaired) electrons. The zero-order valence-electron chi connectivity index (χ0n) is 8.82. The van der Waals surface area contributed by atoms with E-state index in [-0.39, 0.29) is 12.3 Å². The molecule has 14 heavy (non-hydrogen) atoms. The van der Waals surface area contributed by atoms with E-state index in [2.05, 4.69) is 5.32 Å². The molecule has 0 aliphatic rings. The standard InChI is InChI=1S/C10H17NO3/c1-4-11-9(10(12-2)13-3)8-5-6-14-7-8/h5-7,9-11H,4H2,1-3H3. The van der Waals surface area contributed by atoms with E-state index >= 15 is 0 Å². The Kier molecular flexibility index (Phi) is 4.65. The van der Waals surface area contributed by atoms with Gasteiger partial charge in [-0.3, -0.25) is 0 Å². The lowest BCUT2D eigenvalue weighted by Gasteiger charge is -2.24. The lowest BCUT2D eigenvalue weighted by Crippen LogP contribution is -2.34. The van der Waals surface area contributed by atoms with E-state index in [1.54, 1.807) is 26.7 Å². The predicted molar refractivity (Wildman–Crippen MR) is 52.9 cm³/mol. The van der Waals surface area contributed by atoms with E-state index < -0.39 is 0 Å². The monoisotopic (exact) mass is 199 g/mol. The zero-order chi connectivity index (χ0) is 10.4. The largest absolute Gasteiger partial charge is 0.472 e. The molecule has 0 aromatic carbocycles. The third-order valence-corrected chi connectivity index (χ3v) is 2.06. The van der Waals surface area contributed by atoms with Gasteiger partial charge in [0.15, 0.2) is 6.29 Å². The van der Waals surface area contributed by atoms with Crippen molar-refractivity contribution in [2.75, 3.05) is 20.8 Å². The molecule has 1 rings (SSSR count). The van der Waals surface area contributed by atoms with Crippen LogP contribution in [0.15, 0.2) is 23.0 Å². The number of hydrogen-bond acceptors (Lipinski definition) is 4. The van der Waals surface area contributed by atoms with Gasteiger partial charge in [0.05, 0.1) is 18.6 Å². The highest BCUT2D eigenvalue weighted by Gasteiger charge is 2.22. The second kappa shape index (κ2) is 5.80. The third kappa shape index (κ3) is 2.57. The van der Waals surface area contributed by atoms with E-state index in [9.17, 15) is 0 Å². The van der Waals surface area contributed by atoms with Gasteiger partial charge < -0.3 is 19.2 Å². The minimum Gasteiger partial charge on any atom is -0.472 e. The molecule has 0 spiro atoms. The molecule has 0 aliphatic heterocycles. The summed E-state index contributed by atoms with van der Waals surface area (Å²) in [6, 6.07) is 1.91. The van der Waals surface area contributed by atoms with Gasteiger partial charge in [-0.25, -0.2) is 0 Å². The maximum absolute atomic E-state index is 5.21. The number of rotatable bonds is 6. The SMILES string of the molecule is CCNC(c1ccoc1)C(OC)OC. The predicted octanol–water partition coefficient (Wildman–Crippen LogP) is 1.55. The molecule has 1 unspecified atom stereocenters. The average molecular weight is 199 g/mol. The van der Waals surface area contributed by atoms with Crippen LogP contribution in [0.2, 0.25) is 0 Å². The van der Waals surface area contributed by atoms with Gasteiger partial charge in [-0.05, 0) is 12.6 Å². The van der Waals surface area contributed by atoms with E-state index in [1.165, 1.54) is 0 Å². The molecular weight excluding hydrogens is 182 g/mol. The lowest BCUT2D eigenvalue weighted by atomic mass is 10.1. The van der Waals surface area contributed by atoms with Gasteiger partial charge in [-0.15, -0.1) is 0 Å². The van der Waals surface area contributed by atoms with Gasteiger partial charge in [-0.2, -0.15) is 0 Å². The highest BCUT2D eigenvalue weighted by atomic mass is 16.7. The number of hydrogen-bond donors (Lipinski definition) is 1. The van der Waals surface area contributed by atoms with E-state index in [1.807, 2.05) is 13.0 Å². The molecular formula is C10H17NO3. The van der Waals surface area contributed by atoms with E-state index in [4.69, 9.17) is 13.9 Å². The van der Waals surface area contributed by atoms with Gasteiger partial charge in [0.2, 0.25) is 0 Å². The summed E-state index contributed by atoms with van der Waals surface area (Å²) in [7, 11) is 3.25. The van der Waals surface area contributed by atoms with Gasteiger partial charge in [0.1, 0.15) is 0 Å². The molecule has 0 fully saturated rings. The van der Waals surface area contributed by atoms with Crippen LogP contribution in [0.25, 0.3) is 0 Å². The first-order chi connectivity index (χ1) is 6.83. The molecule has 0 saturated heterocycles. The van der Waals surface area contributed by atoms with Crippen molar-refractivity contribution in [1.29, 1.82) is 0 Å². The van der Waals surface area contributed by atoms with Crippen molar-refractivity contribution < 1.29 is 13.9 Å². The van der Waals surface area contributed by atoms with Crippen molar-refractivity contribution in [3.8, 4) is 0 Å². The second-order valence-electron chi connectivity index (χ2n) is 2.93. The summed E-state index contributed by atoms with van der Waals surface area (Å²) in [5.41, 5.74) is 1.03. The number of nitrogens with one attached hydrogen (secondary N) is 1. The number of likely N-dealkylation sites (N-methyl/N-ethyl adjacent to an activating group) is 1. The smallest absolute Gasteiger partial charge is 0.176 e. The van der Waals surface area contributed by atoms with E-state index in [0.717, 1.165) is 12.1 Å². The Hall–Kier alpha value is -0.840. The lowest BCUT2D eigenvalue weighted by molar-refractivity contribution is -0.124. The summed E-state index contributed by atoms with van der Waals surface area (Å²) in [4.78, 5) is 0. The van der Waals surface area contributed by atoms with Crippen molar-refractivity contribution in [1.82, 2.24) is 5.32 Å². The van der Waals surface area contributed by atoms with Gasteiger partial charge in [-0.1, -0.05) is 6.92 Å². The van der Waals surface area contributed by atoms with E-state index in [0.29, 0.717) is 0 Å². The van der Waals surface area contributed by atoms with Crippen LogP contribution < -0.4 is 5.32 Å².